The molecular weight excluding hydrogens is 254 g/mol. The van der Waals surface area contributed by atoms with Crippen LogP contribution in [0, 0.1) is 5.41 Å². The maximum Gasteiger partial charge on any atom is 0.0720 e. The van der Waals surface area contributed by atoms with Crippen LogP contribution in [0.2, 0.25) is 5.02 Å². The molecule has 2 heteroatoms. The fourth-order valence-electron chi connectivity index (χ4n) is 3.84. The molecule has 3 rings (SSSR count). The number of fused-ring (bicyclic) bond motifs is 2. The largest absolute Gasteiger partial charge is 0.252 e. The van der Waals surface area contributed by atoms with E-state index in [9.17, 15) is 0 Å². The molecule has 0 unspecified atom stereocenters. The van der Waals surface area contributed by atoms with Crippen molar-refractivity contribution >= 4 is 22.5 Å². The van der Waals surface area contributed by atoms with Crippen molar-refractivity contribution in [1.29, 1.82) is 0 Å². The average Bonchev–Trinajstić information content (AvgIpc) is 2.25. The third-order valence-electron chi connectivity index (χ3n) is 4.15. The first-order valence-corrected chi connectivity index (χ1v) is 7.26. The molecule has 0 fully saturated rings. The summed E-state index contributed by atoms with van der Waals surface area (Å²) in [5.41, 5.74) is 3.83. The lowest BCUT2D eigenvalue weighted by Crippen LogP contribution is -2.35. The first-order valence-electron chi connectivity index (χ1n) is 6.88. The second-order valence-corrected chi connectivity index (χ2v) is 7.54. The Morgan fingerprint density at radius 3 is 2.53 bits per heavy atom. The highest BCUT2D eigenvalue weighted by Crippen LogP contribution is 2.48. The number of nitrogens with zero attached hydrogens (tertiary/aromatic N) is 1. The molecule has 1 nitrogen and oxygen atoms in total. The average molecular weight is 274 g/mol. The van der Waals surface area contributed by atoms with E-state index < -0.39 is 0 Å². The lowest BCUT2D eigenvalue weighted by atomic mass is 9.64. The van der Waals surface area contributed by atoms with Crippen LogP contribution in [0.15, 0.2) is 24.3 Å². The smallest absolute Gasteiger partial charge is 0.0720 e. The summed E-state index contributed by atoms with van der Waals surface area (Å²) in [5.74, 6) is 0. The van der Waals surface area contributed by atoms with Crippen LogP contribution < -0.4 is 0 Å². The van der Waals surface area contributed by atoms with Crippen LogP contribution in [-0.4, -0.2) is 4.98 Å². The van der Waals surface area contributed by atoms with Gasteiger partial charge in [0.05, 0.1) is 10.5 Å². The molecule has 0 atom stereocenters. The molecule has 1 aromatic heterocycles. The van der Waals surface area contributed by atoms with Gasteiger partial charge in [-0.05, 0) is 35.3 Å². The normalized spacial score (nSPS) is 20.3. The van der Waals surface area contributed by atoms with Gasteiger partial charge in [-0.15, -0.1) is 0 Å². The van der Waals surface area contributed by atoms with Gasteiger partial charge >= 0.3 is 0 Å². The van der Waals surface area contributed by atoms with Crippen LogP contribution in [-0.2, 0) is 11.8 Å². The summed E-state index contributed by atoms with van der Waals surface area (Å²) >= 11 is 6.70. The van der Waals surface area contributed by atoms with Crippen LogP contribution in [0.25, 0.3) is 10.9 Å². The molecule has 0 saturated carbocycles. The Kier molecular flexibility index (Phi) is 2.69. The minimum absolute atomic E-state index is 0.0885. The van der Waals surface area contributed by atoms with Gasteiger partial charge < -0.3 is 0 Å². The van der Waals surface area contributed by atoms with Gasteiger partial charge in [-0.25, -0.2) is 0 Å². The zero-order chi connectivity index (χ0) is 13.8. The second-order valence-electron chi connectivity index (χ2n) is 7.17. The van der Waals surface area contributed by atoms with Crippen molar-refractivity contribution in [3.8, 4) is 0 Å². The molecule has 1 heterocycles. The van der Waals surface area contributed by atoms with E-state index >= 15 is 0 Å². The van der Waals surface area contributed by atoms with Crippen molar-refractivity contribution in [3.63, 3.8) is 0 Å². The van der Waals surface area contributed by atoms with Gasteiger partial charge in [0.15, 0.2) is 0 Å². The minimum Gasteiger partial charge on any atom is -0.252 e. The maximum atomic E-state index is 6.70. The van der Waals surface area contributed by atoms with E-state index in [1.165, 1.54) is 11.3 Å². The van der Waals surface area contributed by atoms with Crippen LogP contribution in [0.5, 0.6) is 0 Å². The Morgan fingerprint density at radius 2 is 1.79 bits per heavy atom. The number of pyridine rings is 1. The van der Waals surface area contributed by atoms with Crippen LogP contribution in [0.1, 0.15) is 45.4 Å². The van der Waals surface area contributed by atoms with E-state index in [4.69, 9.17) is 16.6 Å². The quantitative estimate of drug-likeness (QED) is 0.648. The molecule has 0 amide bonds. The molecule has 1 aliphatic carbocycles. The Labute approximate surface area is 120 Å². The standard InChI is InChI=1S/C17H20ClN/c1-16(2)9-13-14(17(3,4)10-16)15(18)11-7-5-6-8-12(11)19-13/h5-8H,9-10H2,1-4H3. The van der Waals surface area contributed by atoms with Crippen molar-refractivity contribution < 1.29 is 0 Å². The molecule has 0 aliphatic heterocycles. The van der Waals surface area contributed by atoms with Crippen molar-refractivity contribution in [1.82, 2.24) is 4.98 Å². The zero-order valence-electron chi connectivity index (χ0n) is 12.0. The molecule has 0 spiro atoms. The predicted octanol–water partition coefficient (Wildman–Crippen LogP) is 5.14. The van der Waals surface area contributed by atoms with E-state index in [1.807, 2.05) is 12.1 Å². The summed E-state index contributed by atoms with van der Waals surface area (Å²) in [6.45, 7) is 9.22. The fourth-order valence-corrected chi connectivity index (χ4v) is 4.36. The molecule has 1 aliphatic rings. The van der Waals surface area contributed by atoms with E-state index in [2.05, 4.69) is 39.8 Å². The van der Waals surface area contributed by atoms with E-state index in [1.54, 1.807) is 0 Å². The lowest BCUT2D eigenvalue weighted by Gasteiger charge is -2.42. The molecular formula is C17H20ClN. The first-order chi connectivity index (χ1) is 8.80. The first kappa shape index (κ1) is 12.9. The predicted molar refractivity (Wildman–Crippen MR) is 81.9 cm³/mol. The summed E-state index contributed by atoms with van der Waals surface area (Å²) < 4.78 is 0. The van der Waals surface area contributed by atoms with Gasteiger partial charge in [-0.3, -0.25) is 4.98 Å². The van der Waals surface area contributed by atoms with Crippen molar-refractivity contribution in [2.45, 2.75) is 46.0 Å². The van der Waals surface area contributed by atoms with Crippen LogP contribution in [0.3, 0.4) is 0 Å². The summed E-state index contributed by atoms with van der Waals surface area (Å²) in [4.78, 5) is 4.88. The monoisotopic (exact) mass is 273 g/mol. The van der Waals surface area contributed by atoms with Gasteiger partial charge in [-0.2, -0.15) is 0 Å². The molecule has 2 aromatic rings. The number of halogens is 1. The Bertz CT molecular complexity index is 656. The minimum atomic E-state index is 0.0885. The Morgan fingerprint density at radius 1 is 1.11 bits per heavy atom. The highest BCUT2D eigenvalue weighted by atomic mass is 35.5. The molecule has 0 bridgehead atoms. The zero-order valence-corrected chi connectivity index (χ0v) is 12.8. The highest BCUT2D eigenvalue weighted by molar-refractivity contribution is 6.36. The van der Waals surface area contributed by atoms with E-state index in [0.29, 0.717) is 0 Å². The van der Waals surface area contributed by atoms with Crippen LogP contribution >= 0.6 is 11.6 Å². The van der Waals surface area contributed by atoms with Gasteiger partial charge in [0, 0.05) is 11.1 Å². The number of hydrogen-bond donors (Lipinski definition) is 0. The molecule has 0 saturated heterocycles. The number of rotatable bonds is 0. The number of para-hydroxylation sites is 1. The fraction of sp³-hybridized carbons (Fsp3) is 0.471. The van der Waals surface area contributed by atoms with E-state index in [-0.39, 0.29) is 10.8 Å². The third kappa shape index (κ3) is 2.04. The molecule has 19 heavy (non-hydrogen) atoms. The molecule has 0 radical (unpaired) electrons. The van der Waals surface area contributed by atoms with Gasteiger partial charge in [0.1, 0.15) is 0 Å². The van der Waals surface area contributed by atoms with Gasteiger partial charge in [-0.1, -0.05) is 57.5 Å². The second kappa shape index (κ2) is 3.96. The Hall–Kier alpha value is -1.08. The number of aromatic nitrogens is 1. The number of benzene rings is 1. The molecule has 1 aromatic carbocycles. The Balaban J connectivity index is 2.35. The molecule has 0 N–H and O–H groups in total. The van der Waals surface area contributed by atoms with Crippen molar-refractivity contribution in [2.24, 2.45) is 5.41 Å². The van der Waals surface area contributed by atoms with Crippen molar-refractivity contribution in [3.05, 3.63) is 40.5 Å². The summed E-state index contributed by atoms with van der Waals surface area (Å²) in [6.07, 6.45) is 2.16. The third-order valence-corrected chi connectivity index (χ3v) is 4.54. The summed E-state index contributed by atoms with van der Waals surface area (Å²) in [6, 6.07) is 8.18. The van der Waals surface area contributed by atoms with Gasteiger partial charge in [0.25, 0.3) is 0 Å². The summed E-state index contributed by atoms with van der Waals surface area (Å²) in [5, 5.41) is 1.98. The highest BCUT2D eigenvalue weighted by Gasteiger charge is 2.40. The summed E-state index contributed by atoms with van der Waals surface area (Å²) in [7, 11) is 0. The topological polar surface area (TPSA) is 12.9 Å². The maximum absolute atomic E-state index is 6.70. The van der Waals surface area contributed by atoms with Crippen LogP contribution in [0.4, 0.5) is 0 Å². The molecule has 100 valence electrons. The van der Waals surface area contributed by atoms with E-state index in [0.717, 1.165) is 28.8 Å². The van der Waals surface area contributed by atoms with Crippen molar-refractivity contribution in [2.75, 3.05) is 0 Å². The lowest BCUT2D eigenvalue weighted by molar-refractivity contribution is 0.228. The van der Waals surface area contributed by atoms with Gasteiger partial charge in [0.2, 0.25) is 0 Å². The number of hydrogen-bond acceptors (Lipinski definition) is 1. The SMILES string of the molecule is CC1(C)Cc2nc3ccccc3c(Cl)c2C(C)(C)C1.